The summed E-state index contributed by atoms with van der Waals surface area (Å²) >= 11 is 1.59. The van der Waals surface area contributed by atoms with Crippen LogP contribution in [0.3, 0.4) is 0 Å². The zero-order valence-electron chi connectivity index (χ0n) is 10.3. The number of anilines is 1. The monoisotopic (exact) mass is 298 g/mol. The first kappa shape index (κ1) is 13.9. The molecule has 0 spiro atoms. The second-order valence-electron chi connectivity index (χ2n) is 3.82. The molecule has 0 radical (unpaired) electrons. The predicted octanol–water partition coefficient (Wildman–Crippen LogP) is 1.16. The molecular weight excluding hydrogens is 284 g/mol. The fraction of sp³-hybridized carbons (Fsp3) is 0.273. The van der Waals surface area contributed by atoms with Crippen molar-refractivity contribution in [3.63, 3.8) is 0 Å². The van der Waals surface area contributed by atoms with Gasteiger partial charge in [0.1, 0.15) is 4.90 Å². The lowest BCUT2D eigenvalue weighted by molar-refractivity contribution is 0.581. The van der Waals surface area contributed by atoms with E-state index in [9.17, 15) is 8.42 Å². The number of aryl methyl sites for hydroxylation is 1. The summed E-state index contributed by atoms with van der Waals surface area (Å²) in [5.74, 6) is 0.0461. The molecular formula is C11H14N4O2S2. The molecule has 0 amide bonds. The van der Waals surface area contributed by atoms with Crippen molar-refractivity contribution < 1.29 is 8.42 Å². The first-order valence-electron chi connectivity index (χ1n) is 5.66. The average molecular weight is 298 g/mol. The molecule has 0 fully saturated rings. The normalized spacial score (nSPS) is 11.6. The molecule has 2 aromatic rings. The van der Waals surface area contributed by atoms with Crippen LogP contribution < -0.4 is 10.5 Å². The van der Waals surface area contributed by atoms with E-state index < -0.39 is 10.0 Å². The van der Waals surface area contributed by atoms with Gasteiger partial charge in [0.25, 0.3) is 0 Å². The SMILES string of the molecule is CCc1ccc(CNS(=O)(=O)c2cnc(N)nc2)s1. The molecule has 3 N–H and O–H groups in total. The molecule has 2 rings (SSSR count). The maximum Gasteiger partial charge on any atom is 0.243 e. The summed E-state index contributed by atoms with van der Waals surface area (Å²) in [4.78, 5) is 9.54. The summed E-state index contributed by atoms with van der Waals surface area (Å²) in [7, 11) is -3.60. The minimum Gasteiger partial charge on any atom is -0.368 e. The van der Waals surface area contributed by atoms with Gasteiger partial charge in [-0.2, -0.15) is 0 Å². The maximum absolute atomic E-state index is 12.0. The highest BCUT2D eigenvalue weighted by atomic mass is 32.2. The van der Waals surface area contributed by atoms with Gasteiger partial charge < -0.3 is 5.73 Å². The molecule has 102 valence electrons. The van der Waals surface area contributed by atoms with E-state index in [0.29, 0.717) is 0 Å². The zero-order valence-corrected chi connectivity index (χ0v) is 12.0. The molecule has 0 aromatic carbocycles. The number of aromatic nitrogens is 2. The van der Waals surface area contributed by atoms with Crippen LogP contribution >= 0.6 is 11.3 Å². The lowest BCUT2D eigenvalue weighted by Gasteiger charge is -2.04. The van der Waals surface area contributed by atoms with Gasteiger partial charge in [0, 0.05) is 16.3 Å². The van der Waals surface area contributed by atoms with Gasteiger partial charge in [-0.05, 0) is 18.6 Å². The third-order valence-corrected chi connectivity index (χ3v) is 5.05. The Hall–Kier alpha value is -1.51. The van der Waals surface area contributed by atoms with Crippen LogP contribution in [0.25, 0.3) is 0 Å². The van der Waals surface area contributed by atoms with Gasteiger partial charge in [-0.25, -0.2) is 23.1 Å². The molecule has 0 saturated heterocycles. The molecule has 0 saturated carbocycles. The Bertz CT molecular complexity index is 650. The molecule has 0 aliphatic heterocycles. The van der Waals surface area contributed by atoms with E-state index in [4.69, 9.17) is 5.73 Å². The number of thiophene rings is 1. The number of nitrogen functional groups attached to an aromatic ring is 1. The quantitative estimate of drug-likeness (QED) is 0.863. The van der Waals surface area contributed by atoms with Crippen LogP contribution in [0.5, 0.6) is 0 Å². The van der Waals surface area contributed by atoms with Gasteiger partial charge in [0.2, 0.25) is 16.0 Å². The third kappa shape index (κ3) is 3.49. The summed E-state index contributed by atoms with van der Waals surface area (Å²) in [6.07, 6.45) is 3.33. The van der Waals surface area contributed by atoms with E-state index in [1.54, 1.807) is 11.3 Å². The highest BCUT2D eigenvalue weighted by Gasteiger charge is 2.15. The van der Waals surface area contributed by atoms with Crippen molar-refractivity contribution in [2.45, 2.75) is 24.8 Å². The standard InChI is InChI=1S/C11H14N4O2S2/c1-2-8-3-4-9(18-8)5-15-19(16,17)10-6-13-11(12)14-7-10/h3-4,6-7,15H,2,5H2,1H3,(H2,12,13,14). The van der Waals surface area contributed by atoms with E-state index in [2.05, 4.69) is 21.6 Å². The van der Waals surface area contributed by atoms with Crippen LogP contribution in [0.15, 0.2) is 29.4 Å². The van der Waals surface area contributed by atoms with E-state index in [1.807, 2.05) is 12.1 Å². The van der Waals surface area contributed by atoms with Gasteiger partial charge in [-0.1, -0.05) is 6.92 Å². The Balaban J connectivity index is 2.07. The van der Waals surface area contributed by atoms with Crippen LogP contribution in [-0.2, 0) is 23.0 Å². The average Bonchev–Trinajstić information content (AvgIpc) is 2.85. The summed E-state index contributed by atoms with van der Waals surface area (Å²) in [5.41, 5.74) is 5.32. The van der Waals surface area contributed by atoms with Crippen LogP contribution in [-0.4, -0.2) is 18.4 Å². The topological polar surface area (TPSA) is 98.0 Å². The van der Waals surface area contributed by atoms with Crippen molar-refractivity contribution in [3.8, 4) is 0 Å². The summed E-state index contributed by atoms with van der Waals surface area (Å²) in [6.45, 7) is 2.32. The maximum atomic E-state index is 12.0. The third-order valence-electron chi connectivity index (χ3n) is 2.46. The smallest absolute Gasteiger partial charge is 0.243 e. The number of rotatable bonds is 5. The second kappa shape index (κ2) is 5.64. The van der Waals surface area contributed by atoms with Crippen molar-refractivity contribution in [1.29, 1.82) is 0 Å². The first-order chi connectivity index (χ1) is 9.01. The largest absolute Gasteiger partial charge is 0.368 e. The highest BCUT2D eigenvalue weighted by Crippen LogP contribution is 2.17. The fourth-order valence-corrected chi connectivity index (χ4v) is 3.31. The summed E-state index contributed by atoms with van der Waals surface area (Å²) in [5, 5.41) is 0. The minimum atomic E-state index is -3.60. The van der Waals surface area contributed by atoms with Gasteiger partial charge in [-0.3, -0.25) is 0 Å². The minimum absolute atomic E-state index is 0.00831. The molecule has 2 aromatic heterocycles. The number of nitrogens with two attached hydrogens (primary N) is 1. The van der Waals surface area contributed by atoms with Crippen LogP contribution in [0.1, 0.15) is 16.7 Å². The van der Waals surface area contributed by atoms with Gasteiger partial charge >= 0.3 is 0 Å². The Morgan fingerprint density at radius 3 is 2.47 bits per heavy atom. The van der Waals surface area contributed by atoms with E-state index >= 15 is 0 Å². The molecule has 0 unspecified atom stereocenters. The molecule has 0 aliphatic carbocycles. The Kier molecular flexibility index (Phi) is 4.13. The van der Waals surface area contributed by atoms with E-state index in [1.165, 1.54) is 17.3 Å². The Morgan fingerprint density at radius 1 is 1.26 bits per heavy atom. The van der Waals surface area contributed by atoms with Crippen molar-refractivity contribution in [1.82, 2.24) is 14.7 Å². The molecule has 0 aliphatic rings. The van der Waals surface area contributed by atoms with Gasteiger partial charge in [0.05, 0.1) is 12.4 Å². The number of nitrogens with zero attached hydrogens (tertiary/aromatic N) is 2. The van der Waals surface area contributed by atoms with Crippen LogP contribution in [0.2, 0.25) is 0 Å². The number of sulfonamides is 1. The molecule has 6 nitrogen and oxygen atoms in total. The molecule has 19 heavy (non-hydrogen) atoms. The van der Waals surface area contributed by atoms with Crippen LogP contribution in [0, 0.1) is 0 Å². The second-order valence-corrected chi connectivity index (χ2v) is 6.84. The number of hydrogen-bond acceptors (Lipinski definition) is 6. The lowest BCUT2D eigenvalue weighted by atomic mass is 10.4. The van der Waals surface area contributed by atoms with Crippen LogP contribution in [0.4, 0.5) is 5.95 Å². The summed E-state index contributed by atoms with van der Waals surface area (Å²) in [6, 6.07) is 3.92. The lowest BCUT2D eigenvalue weighted by Crippen LogP contribution is -2.23. The highest BCUT2D eigenvalue weighted by molar-refractivity contribution is 7.89. The molecule has 2 heterocycles. The van der Waals surface area contributed by atoms with Gasteiger partial charge in [0.15, 0.2) is 0 Å². The van der Waals surface area contributed by atoms with E-state index in [0.717, 1.165) is 11.3 Å². The van der Waals surface area contributed by atoms with Gasteiger partial charge in [-0.15, -0.1) is 11.3 Å². The molecule has 0 bridgehead atoms. The molecule has 0 atom stereocenters. The number of nitrogens with one attached hydrogen (secondary N) is 1. The van der Waals surface area contributed by atoms with E-state index in [-0.39, 0.29) is 17.4 Å². The van der Waals surface area contributed by atoms with Crippen molar-refractivity contribution >= 4 is 27.3 Å². The predicted molar refractivity (Wildman–Crippen MR) is 74.2 cm³/mol. The molecule has 8 heteroatoms. The van der Waals surface area contributed by atoms with Crippen molar-refractivity contribution in [3.05, 3.63) is 34.3 Å². The fourth-order valence-electron chi connectivity index (χ4n) is 1.42. The Labute approximate surface area is 115 Å². The summed E-state index contributed by atoms with van der Waals surface area (Å²) < 4.78 is 26.4. The Morgan fingerprint density at radius 2 is 1.89 bits per heavy atom. The van der Waals surface area contributed by atoms with Crippen molar-refractivity contribution in [2.24, 2.45) is 0 Å². The first-order valence-corrected chi connectivity index (χ1v) is 7.96. The zero-order chi connectivity index (χ0) is 13.9. The number of hydrogen-bond donors (Lipinski definition) is 2. The van der Waals surface area contributed by atoms with Crippen molar-refractivity contribution in [2.75, 3.05) is 5.73 Å².